The summed E-state index contributed by atoms with van der Waals surface area (Å²) in [6.07, 6.45) is 5.50. The van der Waals surface area contributed by atoms with Gasteiger partial charge in [-0.1, -0.05) is 11.6 Å². The molecule has 23 heavy (non-hydrogen) atoms. The number of benzene rings is 1. The van der Waals surface area contributed by atoms with E-state index in [4.69, 9.17) is 16.3 Å². The molecule has 2 saturated heterocycles. The number of piperidine rings is 1. The van der Waals surface area contributed by atoms with Crippen molar-refractivity contribution in [3.8, 4) is 5.75 Å². The van der Waals surface area contributed by atoms with Crippen LogP contribution in [0.4, 0.5) is 0 Å². The first kappa shape index (κ1) is 15.3. The first-order valence-corrected chi connectivity index (χ1v) is 8.91. The van der Waals surface area contributed by atoms with Crippen LogP contribution in [-0.4, -0.2) is 42.1 Å². The number of halogens is 1. The van der Waals surface area contributed by atoms with E-state index in [0.29, 0.717) is 22.7 Å². The molecule has 3 aliphatic heterocycles. The van der Waals surface area contributed by atoms with Gasteiger partial charge >= 0.3 is 0 Å². The summed E-state index contributed by atoms with van der Waals surface area (Å²) in [6, 6.07) is 5.12. The zero-order valence-electron chi connectivity index (χ0n) is 13.6. The minimum atomic E-state index is -0.0493. The summed E-state index contributed by atoms with van der Waals surface area (Å²) in [6.45, 7) is 2.02. The third kappa shape index (κ3) is 2.72. The molecule has 5 heteroatoms. The van der Waals surface area contributed by atoms with Crippen LogP contribution in [0.5, 0.6) is 5.75 Å². The van der Waals surface area contributed by atoms with Crippen molar-refractivity contribution in [2.24, 2.45) is 0 Å². The highest BCUT2D eigenvalue weighted by molar-refractivity contribution is 6.31. The normalized spacial score (nSPS) is 32.5. The lowest BCUT2D eigenvalue weighted by Gasteiger charge is -2.36. The fraction of sp³-hybridized carbons (Fsp3) is 0.611. The number of ether oxygens (including phenoxy) is 1. The first-order valence-electron chi connectivity index (χ1n) is 8.53. The zero-order valence-corrected chi connectivity index (χ0v) is 14.4. The Hall–Kier alpha value is -1.26. The number of nitrogens with zero attached hydrogens (tertiary/aromatic N) is 1. The highest BCUT2D eigenvalue weighted by Gasteiger charge is 2.39. The molecule has 3 heterocycles. The van der Waals surface area contributed by atoms with E-state index < -0.39 is 0 Å². The maximum Gasteiger partial charge on any atom is 0.255 e. The molecule has 1 aromatic carbocycles. The second-order valence-electron chi connectivity index (χ2n) is 7.27. The van der Waals surface area contributed by atoms with E-state index in [1.165, 1.54) is 12.8 Å². The molecule has 0 saturated carbocycles. The van der Waals surface area contributed by atoms with Crippen LogP contribution in [0.2, 0.25) is 5.02 Å². The maximum absolute atomic E-state index is 12.8. The molecule has 2 bridgehead atoms. The van der Waals surface area contributed by atoms with Gasteiger partial charge in [0.15, 0.2) is 0 Å². The predicted molar refractivity (Wildman–Crippen MR) is 90.3 cm³/mol. The average molecular weight is 335 g/mol. The Morgan fingerprint density at radius 3 is 2.70 bits per heavy atom. The summed E-state index contributed by atoms with van der Waals surface area (Å²) in [4.78, 5) is 15.3. The maximum atomic E-state index is 12.8. The lowest BCUT2D eigenvalue weighted by Crippen LogP contribution is -2.48. The monoisotopic (exact) mass is 334 g/mol. The van der Waals surface area contributed by atoms with Gasteiger partial charge in [-0.05, 0) is 51.8 Å². The molecule has 1 aromatic rings. The second kappa shape index (κ2) is 5.67. The van der Waals surface area contributed by atoms with Crippen LogP contribution in [0.15, 0.2) is 12.1 Å². The average Bonchev–Trinajstić information content (AvgIpc) is 2.93. The molecule has 0 aromatic heterocycles. The molecule has 0 aliphatic carbocycles. The highest BCUT2D eigenvalue weighted by Crippen LogP contribution is 2.37. The summed E-state index contributed by atoms with van der Waals surface area (Å²) in [5.74, 6) is 0.669. The van der Waals surface area contributed by atoms with Crippen molar-refractivity contribution >= 4 is 17.5 Å². The molecule has 0 radical (unpaired) electrons. The van der Waals surface area contributed by atoms with Gasteiger partial charge < -0.3 is 15.0 Å². The van der Waals surface area contributed by atoms with Gasteiger partial charge in [0.05, 0.1) is 5.56 Å². The van der Waals surface area contributed by atoms with Crippen LogP contribution in [0.3, 0.4) is 0 Å². The van der Waals surface area contributed by atoms with Crippen molar-refractivity contribution in [1.29, 1.82) is 0 Å². The van der Waals surface area contributed by atoms with Gasteiger partial charge in [-0.3, -0.25) is 4.79 Å². The van der Waals surface area contributed by atoms with Crippen molar-refractivity contribution in [2.45, 2.75) is 63.3 Å². The Bertz CT molecular complexity index is 634. The molecule has 2 fully saturated rings. The van der Waals surface area contributed by atoms with Gasteiger partial charge in [0.25, 0.3) is 5.91 Å². The van der Waals surface area contributed by atoms with E-state index in [9.17, 15) is 4.79 Å². The number of hydrogen-bond donors (Lipinski definition) is 1. The minimum absolute atomic E-state index is 0.0493. The smallest absolute Gasteiger partial charge is 0.255 e. The molecule has 1 amide bonds. The number of rotatable bonds is 2. The highest BCUT2D eigenvalue weighted by atomic mass is 35.5. The van der Waals surface area contributed by atoms with Crippen molar-refractivity contribution < 1.29 is 9.53 Å². The van der Waals surface area contributed by atoms with Gasteiger partial charge in [-0.15, -0.1) is 0 Å². The van der Waals surface area contributed by atoms with E-state index in [2.05, 4.69) is 17.3 Å². The van der Waals surface area contributed by atoms with Crippen molar-refractivity contribution in [3.05, 3.63) is 28.3 Å². The molecule has 3 aliphatic rings. The Labute approximate surface area is 142 Å². The Kier molecular flexibility index (Phi) is 3.77. The molecular formula is C18H23ClN2O2. The summed E-state index contributed by atoms with van der Waals surface area (Å²) >= 11 is 6.20. The van der Waals surface area contributed by atoms with E-state index in [-0.39, 0.29) is 18.1 Å². The Balaban J connectivity index is 1.52. The largest absolute Gasteiger partial charge is 0.489 e. The fourth-order valence-corrected chi connectivity index (χ4v) is 4.70. The van der Waals surface area contributed by atoms with Crippen LogP contribution >= 0.6 is 11.6 Å². The molecular weight excluding hydrogens is 312 g/mol. The number of carbonyl (C=O) groups is 1. The van der Waals surface area contributed by atoms with E-state index in [1.807, 2.05) is 13.0 Å². The third-order valence-electron chi connectivity index (χ3n) is 5.64. The van der Waals surface area contributed by atoms with Gasteiger partial charge in [-0.2, -0.15) is 0 Å². The van der Waals surface area contributed by atoms with Crippen molar-refractivity contribution in [3.63, 3.8) is 0 Å². The summed E-state index contributed by atoms with van der Waals surface area (Å²) < 4.78 is 5.85. The van der Waals surface area contributed by atoms with Crippen LogP contribution in [0, 0.1) is 0 Å². The van der Waals surface area contributed by atoms with Crippen molar-refractivity contribution in [2.75, 3.05) is 7.05 Å². The lowest BCUT2D eigenvalue weighted by atomic mass is 9.97. The fourth-order valence-electron chi connectivity index (χ4n) is 4.45. The number of hydrogen-bond acceptors (Lipinski definition) is 3. The minimum Gasteiger partial charge on any atom is -0.489 e. The summed E-state index contributed by atoms with van der Waals surface area (Å²) in [7, 11) is 2.21. The molecule has 1 N–H and O–H groups in total. The molecule has 4 atom stereocenters. The van der Waals surface area contributed by atoms with Gasteiger partial charge in [0.2, 0.25) is 0 Å². The second-order valence-corrected chi connectivity index (χ2v) is 7.70. The standard InChI is InChI=1S/C18H23ClN2O2/c1-10-5-11-6-12(19)7-16(17(11)23-10)18(22)20-13-8-14-3-4-15(9-13)21(14)2/h6-7,10,13-15H,3-5,8-9H2,1-2H3,(H,20,22)/t10?,13?,14-,15+. The zero-order chi connectivity index (χ0) is 16.1. The number of amides is 1. The van der Waals surface area contributed by atoms with Crippen LogP contribution in [0.25, 0.3) is 0 Å². The summed E-state index contributed by atoms with van der Waals surface area (Å²) in [5.41, 5.74) is 1.63. The van der Waals surface area contributed by atoms with E-state index in [1.54, 1.807) is 6.07 Å². The van der Waals surface area contributed by atoms with Crippen LogP contribution < -0.4 is 10.1 Å². The molecule has 2 unspecified atom stereocenters. The van der Waals surface area contributed by atoms with Crippen molar-refractivity contribution in [1.82, 2.24) is 10.2 Å². The van der Waals surface area contributed by atoms with Gasteiger partial charge in [-0.25, -0.2) is 0 Å². The summed E-state index contributed by atoms with van der Waals surface area (Å²) in [5, 5.41) is 3.83. The van der Waals surface area contributed by atoms with Crippen LogP contribution in [0.1, 0.15) is 48.5 Å². The first-order chi connectivity index (χ1) is 11.0. The van der Waals surface area contributed by atoms with E-state index in [0.717, 1.165) is 30.6 Å². The number of fused-ring (bicyclic) bond motifs is 3. The Morgan fingerprint density at radius 2 is 2.00 bits per heavy atom. The van der Waals surface area contributed by atoms with Crippen LogP contribution in [-0.2, 0) is 6.42 Å². The molecule has 124 valence electrons. The topological polar surface area (TPSA) is 41.6 Å². The van der Waals surface area contributed by atoms with E-state index >= 15 is 0 Å². The number of carbonyl (C=O) groups excluding carboxylic acids is 1. The quantitative estimate of drug-likeness (QED) is 0.904. The third-order valence-corrected chi connectivity index (χ3v) is 5.85. The molecule has 4 rings (SSSR count). The lowest BCUT2D eigenvalue weighted by molar-refractivity contribution is 0.0878. The predicted octanol–water partition coefficient (Wildman–Crippen LogP) is 3.02. The van der Waals surface area contributed by atoms with Gasteiger partial charge in [0, 0.05) is 35.1 Å². The molecule has 4 nitrogen and oxygen atoms in total. The SMILES string of the molecule is CC1Cc2cc(Cl)cc(C(=O)NC3C[C@H]4CC[C@@H](C3)N4C)c2O1. The molecule has 0 spiro atoms. The number of nitrogens with one attached hydrogen (secondary N) is 1. The Morgan fingerprint density at radius 1 is 1.30 bits per heavy atom. The van der Waals surface area contributed by atoms with Gasteiger partial charge in [0.1, 0.15) is 11.9 Å².